The average molecular weight is 660 g/mol. The number of esters is 3. The van der Waals surface area contributed by atoms with Crippen molar-refractivity contribution in [2.45, 2.75) is 57.4 Å². The monoisotopic (exact) mass is 659 g/mol. The number of carbonyl (C=O) groups is 6. The fraction of sp³-hybridized carbons (Fsp3) is 0.481. The molecule has 1 aromatic heterocycles. The molecule has 260 valence electrons. The zero-order chi connectivity index (χ0) is 36.1. The lowest BCUT2D eigenvalue weighted by atomic mass is 10.1. The zero-order valence-electron chi connectivity index (χ0n) is 25.7. The number of aromatic nitrogens is 1. The number of carboxylic acid groups (broad SMARTS) is 3. The van der Waals surface area contributed by atoms with E-state index in [4.69, 9.17) is 54.8 Å². The number of para-hydroxylation sites is 1. The minimum Gasteiger partial charge on any atom is -0.480 e. The number of aliphatic hydroxyl groups is 1. The highest BCUT2D eigenvalue weighted by atomic mass is 16.6. The minimum atomic E-state index is -1.21. The number of fused-ring (bicyclic) bond motifs is 1. The van der Waals surface area contributed by atoms with E-state index in [1.54, 1.807) is 20.0 Å². The molecule has 1 heterocycles. The number of ether oxygens (including phenoxy) is 2. The Kier molecular flexibility index (Phi) is 21.7. The zero-order valence-corrected chi connectivity index (χ0v) is 25.7. The number of aliphatic hydroxyl groups excluding tert-OH is 1. The number of benzene rings is 1. The molecule has 2 aromatic rings. The molecule has 0 aliphatic carbocycles. The number of aliphatic carboxylic acids is 3. The number of hydrogen-bond acceptors (Lipinski definition) is 15. The molecule has 17 N–H and O–H groups in total. The fourth-order valence-corrected chi connectivity index (χ4v) is 2.56. The van der Waals surface area contributed by atoms with Crippen molar-refractivity contribution >= 4 is 46.7 Å². The van der Waals surface area contributed by atoms with Crippen LogP contribution in [-0.2, 0) is 44.7 Å². The first-order valence-corrected chi connectivity index (χ1v) is 13.5. The number of nitrogens with one attached hydrogen (secondary N) is 1. The number of carboxylic acids is 3. The van der Waals surface area contributed by atoms with E-state index in [0.717, 1.165) is 16.5 Å². The molecule has 0 bridgehead atoms. The van der Waals surface area contributed by atoms with E-state index in [1.165, 1.54) is 6.92 Å². The molecule has 0 fully saturated rings. The van der Waals surface area contributed by atoms with Gasteiger partial charge in [0.15, 0.2) is 0 Å². The van der Waals surface area contributed by atoms with Gasteiger partial charge < -0.3 is 69.3 Å². The van der Waals surface area contributed by atoms with E-state index in [2.05, 4.69) is 14.5 Å². The molecule has 5 atom stereocenters. The maximum absolute atomic E-state index is 11.7. The van der Waals surface area contributed by atoms with Crippen molar-refractivity contribution in [3.63, 3.8) is 0 Å². The number of carbonyl (C=O) groups excluding carboxylic acids is 3. The molecule has 0 radical (unpaired) electrons. The number of hydrogen-bond donors (Lipinski definition) is 11. The minimum absolute atomic E-state index is 0.0208. The van der Waals surface area contributed by atoms with Crippen LogP contribution in [0.25, 0.3) is 10.9 Å². The van der Waals surface area contributed by atoms with Crippen molar-refractivity contribution in [3.05, 3.63) is 36.0 Å². The summed E-state index contributed by atoms with van der Waals surface area (Å²) in [5.74, 6) is -5.51. The van der Waals surface area contributed by atoms with Gasteiger partial charge in [0.1, 0.15) is 36.8 Å². The standard InChI is InChI=1S/C14H17N3O3.C5H10N2O4.C5H11NO2.C3H7NO3/c1-8(15)13(18)20-14(19)11(16)6-9-7-17-12-5-3-2-4-10(9)12;6-1-4(8)11-2-3(7)5(9)10;1-3(2)4(6)5(7)8;4-2(1-5)3(6)7/h2-5,7-8,11,17H,6,15-16H2,1H3;3H,1-2,6-7H2,(H,9,10);3-4H,6H2,1-2H3,(H,7,8);2,5H,1,4H2,(H,6,7)/t8-,11-;3-;4-;2-/m0000/s1. The Morgan fingerprint density at radius 2 is 1.35 bits per heavy atom. The summed E-state index contributed by atoms with van der Waals surface area (Å²) in [6.45, 7) is 3.88. The van der Waals surface area contributed by atoms with Crippen molar-refractivity contribution in [1.29, 1.82) is 0 Å². The lowest BCUT2D eigenvalue weighted by Gasteiger charge is -2.11. The van der Waals surface area contributed by atoms with Gasteiger partial charge in [-0.15, -0.1) is 0 Å². The summed E-state index contributed by atoms with van der Waals surface area (Å²) in [4.78, 5) is 66.1. The molecular weight excluding hydrogens is 614 g/mol. The first-order valence-electron chi connectivity index (χ1n) is 13.5. The largest absolute Gasteiger partial charge is 0.480 e. The predicted molar refractivity (Wildman–Crippen MR) is 163 cm³/mol. The summed E-state index contributed by atoms with van der Waals surface area (Å²) in [5.41, 5.74) is 32.8. The third kappa shape index (κ3) is 18.3. The van der Waals surface area contributed by atoms with Crippen LogP contribution in [0.15, 0.2) is 30.5 Å². The molecule has 0 saturated heterocycles. The summed E-state index contributed by atoms with van der Waals surface area (Å²) in [5, 5.41) is 33.3. The fourth-order valence-electron chi connectivity index (χ4n) is 2.56. The summed E-state index contributed by atoms with van der Waals surface area (Å²) in [7, 11) is 0. The Labute approximate surface area is 264 Å². The Morgan fingerprint density at radius 3 is 1.74 bits per heavy atom. The second-order valence-corrected chi connectivity index (χ2v) is 9.77. The van der Waals surface area contributed by atoms with Crippen molar-refractivity contribution in [2.24, 2.45) is 40.3 Å². The second kappa shape index (κ2) is 22.9. The van der Waals surface area contributed by atoms with Gasteiger partial charge in [0, 0.05) is 23.5 Å². The van der Waals surface area contributed by atoms with E-state index >= 15 is 0 Å². The van der Waals surface area contributed by atoms with E-state index in [-0.39, 0.29) is 25.5 Å². The Bertz CT molecular complexity index is 1270. The summed E-state index contributed by atoms with van der Waals surface area (Å²) < 4.78 is 8.94. The topological polar surface area (TPSA) is 374 Å². The second-order valence-electron chi connectivity index (χ2n) is 9.77. The quantitative estimate of drug-likeness (QED) is 0.0788. The van der Waals surface area contributed by atoms with Crippen molar-refractivity contribution in [2.75, 3.05) is 19.8 Å². The van der Waals surface area contributed by atoms with Crippen molar-refractivity contribution in [1.82, 2.24) is 4.98 Å². The molecule has 19 heteroatoms. The van der Waals surface area contributed by atoms with Gasteiger partial charge in [-0.1, -0.05) is 32.0 Å². The van der Waals surface area contributed by atoms with Crippen LogP contribution in [0.4, 0.5) is 0 Å². The Morgan fingerprint density at radius 1 is 0.804 bits per heavy atom. The van der Waals surface area contributed by atoms with Gasteiger partial charge in [0.25, 0.3) is 0 Å². The van der Waals surface area contributed by atoms with Crippen LogP contribution in [0.1, 0.15) is 26.3 Å². The highest BCUT2D eigenvalue weighted by molar-refractivity contribution is 5.91. The van der Waals surface area contributed by atoms with Gasteiger partial charge in [-0.3, -0.25) is 19.2 Å². The third-order valence-corrected chi connectivity index (χ3v) is 5.42. The normalized spacial score (nSPS) is 13.5. The van der Waals surface area contributed by atoms with E-state index < -0.39 is 72.6 Å². The van der Waals surface area contributed by atoms with E-state index in [9.17, 15) is 28.8 Å². The van der Waals surface area contributed by atoms with Crippen LogP contribution >= 0.6 is 0 Å². The summed E-state index contributed by atoms with van der Waals surface area (Å²) in [6.07, 6.45) is 2.08. The molecule has 0 saturated carbocycles. The van der Waals surface area contributed by atoms with Crippen LogP contribution in [0.3, 0.4) is 0 Å². The van der Waals surface area contributed by atoms with Gasteiger partial charge in [-0.25, -0.2) is 9.59 Å². The number of nitrogens with two attached hydrogens (primary N) is 6. The Hall–Kier alpha value is -4.50. The maximum atomic E-state index is 11.7. The summed E-state index contributed by atoms with van der Waals surface area (Å²) in [6, 6.07) is 2.92. The maximum Gasteiger partial charge on any atom is 0.330 e. The smallest absolute Gasteiger partial charge is 0.330 e. The number of aromatic amines is 1. The average Bonchev–Trinajstić information content (AvgIpc) is 3.41. The summed E-state index contributed by atoms with van der Waals surface area (Å²) >= 11 is 0. The Balaban J connectivity index is 0. The predicted octanol–water partition coefficient (Wildman–Crippen LogP) is -3.20. The molecule has 1 aromatic carbocycles. The van der Waals surface area contributed by atoms with Gasteiger partial charge in [-0.05, 0) is 24.5 Å². The van der Waals surface area contributed by atoms with Gasteiger partial charge in [-0.2, -0.15) is 0 Å². The van der Waals surface area contributed by atoms with Crippen LogP contribution < -0.4 is 34.4 Å². The third-order valence-electron chi connectivity index (χ3n) is 5.42. The van der Waals surface area contributed by atoms with Crippen LogP contribution in [-0.4, -0.2) is 111 Å². The van der Waals surface area contributed by atoms with E-state index in [1.807, 2.05) is 24.3 Å². The van der Waals surface area contributed by atoms with Crippen LogP contribution in [0.2, 0.25) is 0 Å². The van der Waals surface area contributed by atoms with Crippen LogP contribution in [0, 0.1) is 5.92 Å². The van der Waals surface area contributed by atoms with Crippen molar-refractivity contribution < 1.29 is 58.7 Å². The van der Waals surface area contributed by atoms with Gasteiger partial charge in [0.2, 0.25) is 0 Å². The van der Waals surface area contributed by atoms with E-state index in [0.29, 0.717) is 0 Å². The SMILES string of the molecule is CC(C)[C@H](N)C(=O)O.C[C@H](N)C(=O)OC(=O)[C@@H](N)Cc1c[nH]c2ccccc12.NCC(=O)OC[C@H](N)C(=O)O.N[C@@H](CO)C(=O)O. The molecule has 2 rings (SSSR count). The molecule has 19 nitrogen and oxygen atoms in total. The highest BCUT2D eigenvalue weighted by Gasteiger charge is 2.22. The molecule has 46 heavy (non-hydrogen) atoms. The van der Waals surface area contributed by atoms with Gasteiger partial charge in [0.05, 0.1) is 13.2 Å². The molecule has 0 unspecified atom stereocenters. The van der Waals surface area contributed by atoms with Gasteiger partial charge >= 0.3 is 35.8 Å². The molecular formula is C27H45N7O12. The lowest BCUT2D eigenvalue weighted by Crippen LogP contribution is -2.39. The molecule has 0 aliphatic heterocycles. The number of H-pyrrole nitrogens is 1. The molecule has 0 aliphatic rings. The molecule has 0 amide bonds. The lowest BCUT2D eigenvalue weighted by molar-refractivity contribution is -0.161. The first-order chi connectivity index (χ1) is 21.3. The van der Waals surface area contributed by atoms with Crippen LogP contribution in [0.5, 0.6) is 0 Å². The highest BCUT2D eigenvalue weighted by Crippen LogP contribution is 2.19. The first kappa shape index (κ1) is 43.6. The number of rotatable bonds is 12. The molecule has 0 spiro atoms. The van der Waals surface area contributed by atoms with Crippen molar-refractivity contribution in [3.8, 4) is 0 Å².